The zero-order valence-electron chi connectivity index (χ0n) is 7.41. The molecule has 3 heteroatoms. The highest BCUT2D eigenvalue weighted by Gasteiger charge is 2.16. The Balaban J connectivity index is 2.12. The lowest BCUT2D eigenvalue weighted by Crippen LogP contribution is -2.32. The largest absolute Gasteiger partial charge is 0.396 e. The number of piperidine rings is 1. The van der Waals surface area contributed by atoms with Crippen molar-refractivity contribution in [3.8, 4) is 0 Å². The molecule has 1 N–H and O–H groups in total. The van der Waals surface area contributed by atoms with Gasteiger partial charge in [0, 0.05) is 19.7 Å². The second-order valence-corrected chi connectivity index (χ2v) is 3.45. The molecule has 1 aliphatic heterocycles. The first-order valence-electron chi connectivity index (χ1n) is 4.67. The Bertz CT molecular complexity index is 130. The lowest BCUT2D eigenvalue weighted by Gasteiger charge is -2.28. The Morgan fingerprint density at radius 2 is 2.08 bits per heavy atom. The smallest absolute Gasteiger partial charge is 0.209 e. The maximum atomic E-state index is 10.4. The molecule has 70 valence electrons. The summed E-state index contributed by atoms with van der Waals surface area (Å²) in [6, 6.07) is 0. The number of carbonyl (C=O) groups excluding carboxylic acids is 1. The van der Waals surface area contributed by atoms with Crippen LogP contribution < -0.4 is 0 Å². The third kappa shape index (κ3) is 2.81. The Kier molecular flexibility index (Phi) is 4.08. The summed E-state index contributed by atoms with van der Waals surface area (Å²) in [5.41, 5.74) is 0. The number of rotatable bonds is 4. The number of likely N-dealkylation sites (tertiary alicyclic amines) is 1. The van der Waals surface area contributed by atoms with Crippen LogP contribution in [-0.2, 0) is 4.79 Å². The van der Waals surface area contributed by atoms with Crippen molar-refractivity contribution in [2.45, 2.75) is 25.7 Å². The molecule has 1 amide bonds. The molecule has 1 heterocycles. The van der Waals surface area contributed by atoms with Crippen LogP contribution in [0.5, 0.6) is 0 Å². The molecule has 0 aromatic heterocycles. The van der Waals surface area contributed by atoms with Crippen LogP contribution >= 0.6 is 0 Å². The number of aliphatic hydroxyl groups is 1. The molecule has 1 fully saturated rings. The number of amides is 1. The van der Waals surface area contributed by atoms with E-state index in [1.54, 1.807) is 0 Å². The fraction of sp³-hybridized carbons (Fsp3) is 0.889. The SMILES string of the molecule is O=CN1CCC(CCCO)CC1. The maximum absolute atomic E-state index is 10.4. The molecule has 0 bridgehead atoms. The minimum absolute atomic E-state index is 0.299. The third-order valence-corrected chi connectivity index (χ3v) is 2.57. The van der Waals surface area contributed by atoms with E-state index in [1.165, 1.54) is 0 Å². The van der Waals surface area contributed by atoms with Gasteiger partial charge in [-0.3, -0.25) is 4.79 Å². The quantitative estimate of drug-likeness (QED) is 0.630. The second kappa shape index (κ2) is 5.14. The number of carbonyl (C=O) groups is 1. The standard InChI is InChI=1S/C9H17NO2/c11-7-1-2-9-3-5-10(8-12)6-4-9/h8-9,11H,1-7H2. The van der Waals surface area contributed by atoms with E-state index in [1.807, 2.05) is 4.90 Å². The molecule has 0 spiro atoms. The van der Waals surface area contributed by atoms with Gasteiger partial charge in [-0.15, -0.1) is 0 Å². The average Bonchev–Trinajstić information content (AvgIpc) is 2.15. The van der Waals surface area contributed by atoms with Crippen molar-refractivity contribution >= 4 is 6.41 Å². The predicted octanol–water partition coefficient (Wildman–Crippen LogP) is 0.627. The van der Waals surface area contributed by atoms with Crippen LogP contribution in [0.1, 0.15) is 25.7 Å². The monoisotopic (exact) mass is 171 g/mol. The van der Waals surface area contributed by atoms with E-state index in [9.17, 15) is 4.79 Å². The summed E-state index contributed by atoms with van der Waals surface area (Å²) in [5, 5.41) is 8.63. The number of aliphatic hydroxyl groups excluding tert-OH is 1. The van der Waals surface area contributed by atoms with E-state index in [0.717, 1.165) is 51.1 Å². The van der Waals surface area contributed by atoms with Crippen LogP contribution in [-0.4, -0.2) is 36.1 Å². The van der Waals surface area contributed by atoms with Crippen LogP contribution in [0.3, 0.4) is 0 Å². The minimum atomic E-state index is 0.299. The Morgan fingerprint density at radius 3 is 2.58 bits per heavy atom. The van der Waals surface area contributed by atoms with E-state index in [2.05, 4.69) is 0 Å². The van der Waals surface area contributed by atoms with Crippen LogP contribution in [0.2, 0.25) is 0 Å². The average molecular weight is 171 g/mol. The maximum Gasteiger partial charge on any atom is 0.209 e. The van der Waals surface area contributed by atoms with Gasteiger partial charge in [0.2, 0.25) is 6.41 Å². The van der Waals surface area contributed by atoms with Crippen molar-refractivity contribution in [2.24, 2.45) is 5.92 Å². The molecule has 0 aromatic rings. The number of hydrogen-bond acceptors (Lipinski definition) is 2. The van der Waals surface area contributed by atoms with Crippen LogP contribution in [0.25, 0.3) is 0 Å². The van der Waals surface area contributed by atoms with Crippen molar-refractivity contribution in [2.75, 3.05) is 19.7 Å². The highest BCUT2D eigenvalue weighted by molar-refractivity contribution is 5.47. The third-order valence-electron chi connectivity index (χ3n) is 2.57. The van der Waals surface area contributed by atoms with Gasteiger partial charge in [-0.05, 0) is 31.6 Å². The summed E-state index contributed by atoms with van der Waals surface area (Å²) < 4.78 is 0. The Hall–Kier alpha value is -0.570. The lowest BCUT2D eigenvalue weighted by atomic mass is 9.93. The van der Waals surface area contributed by atoms with Crippen molar-refractivity contribution < 1.29 is 9.90 Å². The summed E-state index contributed by atoms with van der Waals surface area (Å²) in [6.45, 7) is 2.10. The Morgan fingerprint density at radius 1 is 1.42 bits per heavy atom. The fourth-order valence-electron chi connectivity index (χ4n) is 1.73. The molecule has 0 aliphatic carbocycles. The predicted molar refractivity (Wildman–Crippen MR) is 46.7 cm³/mol. The van der Waals surface area contributed by atoms with E-state index < -0.39 is 0 Å². The van der Waals surface area contributed by atoms with Gasteiger partial charge in [-0.2, -0.15) is 0 Å². The molecule has 1 saturated heterocycles. The summed E-state index contributed by atoms with van der Waals surface area (Å²) in [5.74, 6) is 0.730. The lowest BCUT2D eigenvalue weighted by molar-refractivity contribution is -0.119. The van der Waals surface area contributed by atoms with Crippen LogP contribution in [0, 0.1) is 5.92 Å². The summed E-state index contributed by atoms with van der Waals surface area (Å²) >= 11 is 0. The molecule has 0 radical (unpaired) electrons. The van der Waals surface area contributed by atoms with Gasteiger partial charge in [0.15, 0.2) is 0 Å². The second-order valence-electron chi connectivity index (χ2n) is 3.45. The topological polar surface area (TPSA) is 40.5 Å². The highest BCUT2D eigenvalue weighted by atomic mass is 16.2. The molecule has 1 aliphatic rings. The molecule has 0 aromatic carbocycles. The molecule has 3 nitrogen and oxygen atoms in total. The van der Waals surface area contributed by atoms with E-state index in [4.69, 9.17) is 5.11 Å². The molecule has 12 heavy (non-hydrogen) atoms. The van der Waals surface area contributed by atoms with Crippen LogP contribution in [0.15, 0.2) is 0 Å². The van der Waals surface area contributed by atoms with Gasteiger partial charge in [0.05, 0.1) is 0 Å². The Labute approximate surface area is 73.4 Å². The van der Waals surface area contributed by atoms with E-state index >= 15 is 0 Å². The molecular formula is C9H17NO2. The first-order chi connectivity index (χ1) is 5.86. The van der Waals surface area contributed by atoms with Crippen molar-refractivity contribution in [3.05, 3.63) is 0 Å². The molecular weight excluding hydrogens is 154 g/mol. The van der Waals surface area contributed by atoms with Gasteiger partial charge in [0.1, 0.15) is 0 Å². The molecule has 0 unspecified atom stereocenters. The molecule has 0 atom stereocenters. The van der Waals surface area contributed by atoms with Crippen molar-refractivity contribution in [1.82, 2.24) is 4.90 Å². The summed E-state index contributed by atoms with van der Waals surface area (Å²) in [4.78, 5) is 12.2. The zero-order chi connectivity index (χ0) is 8.81. The van der Waals surface area contributed by atoms with Gasteiger partial charge in [0.25, 0.3) is 0 Å². The molecule has 0 saturated carbocycles. The van der Waals surface area contributed by atoms with Crippen LogP contribution in [0.4, 0.5) is 0 Å². The first-order valence-corrected chi connectivity index (χ1v) is 4.67. The normalized spacial score (nSPS) is 19.6. The zero-order valence-corrected chi connectivity index (χ0v) is 7.41. The number of hydrogen-bond donors (Lipinski definition) is 1. The van der Waals surface area contributed by atoms with Crippen molar-refractivity contribution in [3.63, 3.8) is 0 Å². The fourth-order valence-corrected chi connectivity index (χ4v) is 1.73. The van der Waals surface area contributed by atoms with E-state index in [-0.39, 0.29) is 0 Å². The minimum Gasteiger partial charge on any atom is -0.396 e. The summed E-state index contributed by atoms with van der Waals surface area (Å²) in [7, 11) is 0. The number of nitrogens with zero attached hydrogens (tertiary/aromatic N) is 1. The van der Waals surface area contributed by atoms with Gasteiger partial charge in [-0.25, -0.2) is 0 Å². The van der Waals surface area contributed by atoms with Gasteiger partial charge >= 0.3 is 0 Å². The van der Waals surface area contributed by atoms with Gasteiger partial charge in [-0.1, -0.05) is 0 Å². The van der Waals surface area contributed by atoms with Crippen molar-refractivity contribution in [1.29, 1.82) is 0 Å². The van der Waals surface area contributed by atoms with Gasteiger partial charge < -0.3 is 10.0 Å². The van der Waals surface area contributed by atoms with E-state index in [0.29, 0.717) is 6.61 Å². The first kappa shape index (κ1) is 9.52. The summed E-state index contributed by atoms with van der Waals surface area (Å²) in [6.07, 6.45) is 5.18. The highest BCUT2D eigenvalue weighted by Crippen LogP contribution is 2.20. The molecule has 1 rings (SSSR count).